The minimum atomic E-state index is -0.431. The van der Waals surface area contributed by atoms with Gasteiger partial charge in [0.25, 0.3) is 5.91 Å². The van der Waals surface area contributed by atoms with Gasteiger partial charge in [0.05, 0.1) is 13.2 Å². The third-order valence-electron chi connectivity index (χ3n) is 4.14. The maximum atomic E-state index is 12.2. The lowest BCUT2D eigenvalue weighted by atomic mass is 10.1. The van der Waals surface area contributed by atoms with Crippen LogP contribution >= 0.6 is 11.6 Å². The SMILES string of the molecule is CCOc1ccc(CCN/C=C(/C#N)C(=O)NCc2ccc(Cl)cc2)cc1OCC. The smallest absolute Gasteiger partial charge is 0.263 e. The maximum Gasteiger partial charge on any atom is 0.263 e. The van der Waals surface area contributed by atoms with Crippen LogP contribution in [0.1, 0.15) is 25.0 Å². The molecular formula is C23H26ClN3O3. The van der Waals surface area contributed by atoms with Gasteiger partial charge in [0.15, 0.2) is 11.5 Å². The number of ether oxygens (including phenoxy) is 2. The molecule has 158 valence electrons. The van der Waals surface area contributed by atoms with Crippen LogP contribution in [0.2, 0.25) is 5.02 Å². The van der Waals surface area contributed by atoms with Crippen LogP contribution in [-0.4, -0.2) is 25.7 Å². The number of nitrogens with one attached hydrogen (secondary N) is 2. The molecule has 0 aliphatic heterocycles. The molecule has 0 fully saturated rings. The molecule has 0 bridgehead atoms. The molecule has 0 saturated carbocycles. The molecule has 0 aliphatic carbocycles. The van der Waals surface area contributed by atoms with E-state index in [1.807, 2.05) is 50.2 Å². The monoisotopic (exact) mass is 427 g/mol. The van der Waals surface area contributed by atoms with Gasteiger partial charge in [-0.05, 0) is 55.7 Å². The van der Waals surface area contributed by atoms with Crippen molar-refractivity contribution in [3.05, 3.63) is 70.4 Å². The highest BCUT2D eigenvalue weighted by atomic mass is 35.5. The molecule has 0 spiro atoms. The highest BCUT2D eigenvalue weighted by molar-refractivity contribution is 6.30. The lowest BCUT2D eigenvalue weighted by Gasteiger charge is -2.12. The minimum absolute atomic E-state index is 0.0191. The van der Waals surface area contributed by atoms with Crippen molar-refractivity contribution in [2.45, 2.75) is 26.8 Å². The van der Waals surface area contributed by atoms with Crippen molar-refractivity contribution in [3.8, 4) is 17.6 Å². The van der Waals surface area contributed by atoms with Crippen molar-refractivity contribution in [1.82, 2.24) is 10.6 Å². The first-order valence-electron chi connectivity index (χ1n) is 9.82. The van der Waals surface area contributed by atoms with Crippen LogP contribution in [0.25, 0.3) is 0 Å². The molecule has 0 unspecified atom stereocenters. The summed E-state index contributed by atoms with van der Waals surface area (Å²) >= 11 is 5.85. The summed E-state index contributed by atoms with van der Waals surface area (Å²) in [5, 5.41) is 15.6. The number of hydrogen-bond donors (Lipinski definition) is 2. The summed E-state index contributed by atoms with van der Waals surface area (Å²) < 4.78 is 11.2. The Hall–Kier alpha value is -3.17. The van der Waals surface area contributed by atoms with Crippen LogP contribution in [0.4, 0.5) is 0 Å². The first-order valence-corrected chi connectivity index (χ1v) is 10.2. The topological polar surface area (TPSA) is 83.4 Å². The average molecular weight is 428 g/mol. The molecule has 7 heteroatoms. The van der Waals surface area contributed by atoms with Crippen LogP contribution in [0, 0.1) is 11.3 Å². The van der Waals surface area contributed by atoms with E-state index in [1.54, 1.807) is 12.1 Å². The van der Waals surface area contributed by atoms with Gasteiger partial charge in [0, 0.05) is 24.3 Å². The Morgan fingerprint density at radius 3 is 2.40 bits per heavy atom. The Bertz CT molecular complexity index is 905. The summed E-state index contributed by atoms with van der Waals surface area (Å²) in [4.78, 5) is 12.2. The van der Waals surface area contributed by atoms with Gasteiger partial charge in [-0.15, -0.1) is 0 Å². The van der Waals surface area contributed by atoms with E-state index in [0.717, 1.165) is 16.9 Å². The van der Waals surface area contributed by atoms with Crippen molar-refractivity contribution in [3.63, 3.8) is 0 Å². The molecule has 0 radical (unpaired) electrons. The van der Waals surface area contributed by atoms with Crippen LogP contribution in [0.5, 0.6) is 11.5 Å². The number of amides is 1. The Balaban J connectivity index is 1.86. The van der Waals surface area contributed by atoms with Gasteiger partial charge in [-0.25, -0.2) is 0 Å². The first-order chi connectivity index (χ1) is 14.6. The van der Waals surface area contributed by atoms with Crippen molar-refractivity contribution < 1.29 is 14.3 Å². The number of hydrogen-bond acceptors (Lipinski definition) is 5. The molecule has 1 amide bonds. The molecule has 2 aromatic rings. The van der Waals surface area contributed by atoms with Crippen molar-refractivity contribution in [2.24, 2.45) is 0 Å². The third-order valence-corrected chi connectivity index (χ3v) is 4.40. The van der Waals surface area contributed by atoms with Gasteiger partial charge in [-0.3, -0.25) is 4.79 Å². The molecule has 0 atom stereocenters. The Morgan fingerprint density at radius 2 is 1.73 bits per heavy atom. The zero-order valence-electron chi connectivity index (χ0n) is 17.2. The fourth-order valence-electron chi connectivity index (χ4n) is 2.67. The van der Waals surface area contributed by atoms with E-state index >= 15 is 0 Å². The van der Waals surface area contributed by atoms with E-state index < -0.39 is 5.91 Å². The predicted octanol–water partition coefficient (Wildman–Crippen LogP) is 3.99. The first kappa shape index (κ1) is 23.1. The van der Waals surface area contributed by atoms with E-state index in [9.17, 15) is 10.1 Å². The molecule has 0 saturated heterocycles. The number of nitriles is 1. The second-order valence-corrected chi connectivity index (χ2v) is 6.77. The largest absolute Gasteiger partial charge is 0.490 e. The van der Waals surface area contributed by atoms with Gasteiger partial charge in [0.2, 0.25) is 0 Å². The lowest BCUT2D eigenvalue weighted by Crippen LogP contribution is -2.25. The number of halogens is 1. The summed E-state index contributed by atoms with van der Waals surface area (Å²) in [6, 6.07) is 14.9. The van der Waals surface area contributed by atoms with E-state index in [-0.39, 0.29) is 5.57 Å². The zero-order valence-corrected chi connectivity index (χ0v) is 18.0. The van der Waals surface area contributed by atoms with E-state index in [0.29, 0.717) is 43.5 Å². The summed E-state index contributed by atoms with van der Waals surface area (Å²) in [6.45, 7) is 5.87. The van der Waals surface area contributed by atoms with Crippen LogP contribution in [0.15, 0.2) is 54.2 Å². The fourth-order valence-corrected chi connectivity index (χ4v) is 2.80. The normalized spacial score (nSPS) is 10.8. The van der Waals surface area contributed by atoms with Gasteiger partial charge in [-0.2, -0.15) is 5.26 Å². The second kappa shape index (κ2) is 12.4. The highest BCUT2D eigenvalue weighted by Gasteiger charge is 2.09. The molecule has 2 rings (SSSR count). The van der Waals surface area contributed by atoms with Crippen LogP contribution in [0.3, 0.4) is 0 Å². The van der Waals surface area contributed by atoms with Gasteiger partial charge >= 0.3 is 0 Å². The standard InChI is InChI=1S/C23H26ClN3O3/c1-3-29-21-10-7-17(13-22(21)30-4-2)11-12-26-16-19(14-25)23(28)27-15-18-5-8-20(24)9-6-18/h5-10,13,16,26H,3-4,11-12,15H2,1-2H3,(H,27,28)/b19-16-. The second-order valence-electron chi connectivity index (χ2n) is 6.33. The number of benzene rings is 2. The maximum absolute atomic E-state index is 12.2. The number of nitrogens with zero attached hydrogens (tertiary/aromatic N) is 1. The summed E-state index contributed by atoms with van der Waals surface area (Å²) in [5.74, 6) is 1.01. The number of carbonyl (C=O) groups is 1. The zero-order chi connectivity index (χ0) is 21.8. The molecule has 2 N–H and O–H groups in total. The van der Waals surface area contributed by atoms with Gasteiger partial charge < -0.3 is 20.1 Å². The van der Waals surface area contributed by atoms with Crippen molar-refractivity contribution in [2.75, 3.05) is 19.8 Å². The summed E-state index contributed by atoms with van der Waals surface area (Å²) in [6.07, 6.45) is 2.14. The molecule has 0 aromatic heterocycles. The van der Waals surface area contributed by atoms with Crippen molar-refractivity contribution >= 4 is 17.5 Å². The van der Waals surface area contributed by atoms with E-state index in [4.69, 9.17) is 21.1 Å². The van der Waals surface area contributed by atoms with Crippen LogP contribution < -0.4 is 20.1 Å². The van der Waals surface area contributed by atoms with Gasteiger partial charge in [0.1, 0.15) is 11.6 Å². The fraction of sp³-hybridized carbons (Fsp3) is 0.304. The third kappa shape index (κ3) is 7.34. The Kier molecular flexibility index (Phi) is 9.56. The molecule has 0 aliphatic rings. The predicted molar refractivity (Wildman–Crippen MR) is 117 cm³/mol. The highest BCUT2D eigenvalue weighted by Crippen LogP contribution is 2.28. The molecular weight excluding hydrogens is 402 g/mol. The Labute approximate surface area is 182 Å². The minimum Gasteiger partial charge on any atom is -0.490 e. The van der Waals surface area contributed by atoms with Crippen molar-refractivity contribution in [1.29, 1.82) is 5.26 Å². The van der Waals surface area contributed by atoms with Gasteiger partial charge in [-0.1, -0.05) is 29.8 Å². The quantitative estimate of drug-likeness (QED) is 0.322. The lowest BCUT2D eigenvalue weighted by molar-refractivity contribution is -0.117. The molecule has 6 nitrogen and oxygen atoms in total. The number of carbonyl (C=O) groups excluding carboxylic acids is 1. The van der Waals surface area contributed by atoms with Crippen LogP contribution in [-0.2, 0) is 17.8 Å². The molecule has 0 heterocycles. The van der Waals surface area contributed by atoms with E-state index in [2.05, 4.69) is 10.6 Å². The Morgan fingerprint density at radius 1 is 1.07 bits per heavy atom. The van der Waals surface area contributed by atoms with E-state index in [1.165, 1.54) is 6.20 Å². The molecule has 30 heavy (non-hydrogen) atoms. The summed E-state index contributed by atoms with van der Waals surface area (Å²) in [7, 11) is 0. The number of rotatable bonds is 11. The average Bonchev–Trinajstić information content (AvgIpc) is 2.75. The molecule has 2 aromatic carbocycles. The summed E-state index contributed by atoms with van der Waals surface area (Å²) in [5.41, 5.74) is 1.98.